The second-order valence-corrected chi connectivity index (χ2v) is 5.78. The van der Waals surface area contributed by atoms with Crippen LogP contribution in [0.2, 0.25) is 0 Å². The lowest BCUT2D eigenvalue weighted by atomic mass is 9.96. The van der Waals surface area contributed by atoms with Gasteiger partial charge in [0.1, 0.15) is 5.82 Å². The Morgan fingerprint density at radius 1 is 1.40 bits per heavy atom. The summed E-state index contributed by atoms with van der Waals surface area (Å²) in [6.45, 7) is 0.979. The summed E-state index contributed by atoms with van der Waals surface area (Å²) in [6.07, 6.45) is 1.55. The molecule has 1 aliphatic rings. The van der Waals surface area contributed by atoms with Crippen LogP contribution in [0.3, 0.4) is 0 Å². The van der Waals surface area contributed by atoms with Crippen molar-refractivity contribution in [3.63, 3.8) is 0 Å². The molecule has 1 N–H and O–H groups in total. The lowest BCUT2D eigenvalue weighted by Gasteiger charge is -2.31. The van der Waals surface area contributed by atoms with Gasteiger partial charge in [-0.3, -0.25) is 9.59 Å². The van der Waals surface area contributed by atoms with Gasteiger partial charge in [0.25, 0.3) is 5.91 Å². The lowest BCUT2D eigenvalue weighted by molar-refractivity contribution is -0.125. The molecule has 1 aromatic rings. The third kappa shape index (κ3) is 3.36. The molecule has 2 rings (SSSR count). The van der Waals surface area contributed by atoms with Crippen LogP contribution in [0.25, 0.3) is 0 Å². The van der Waals surface area contributed by atoms with Crippen molar-refractivity contribution < 1.29 is 14.0 Å². The van der Waals surface area contributed by atoms with Crippen LogP contribution in [0.4, 0.5) is 4.39 Å². The number of likely N-dealkylation sites (tertiary alicyclic amines) is 1. The van der Waals surface area contributed by atoms with Crippen molar-refractivity contribution in [2.45, 2.75) is 12.8 Å². The average Bonchev–Trinajstić information content (AvgIpc) is 2.44. The van der Waals surface area contributed by atoms with Crippen molar-refractivity contribution >= 4 is 27.7 Å². The number of carbonyl (C=O) groups excluding carboxylic acids is 2. The first kappa shape index (κ1) is 15.0. The third-order valence-corrected chi connectivity index (χ3v) is 3.89. The van der Waals surface area contributed by atoms with Crippen LogP contribution < -0.4 is 5.32 Å². The fraction of sp³-hybridized carbons (Fsp3) is 0.429. The topological polar surface area (TPSA) is 49.4 Å². The van der Waals surface area contributed by atoms with E-state index in [0.717, 1.165) is 12.8 Å². The van der Waals surface area contributed by atoms with Gasteiger partial charge in [-0.2, -0.15) is 0 Å². The predicted molar refractivity (Wildman–Crippen MR) is 76.8 cm³/mol. The summed E-state index contributed by atoms with van der Waals surface area (Å²) < 4.78 is 13.9. The molecule has 1 fully saturated rings. The Bertz CT molecular complexity index is 516. The van der Waals surface area contributed by atoms with Gasteiger partial charge in [-0.25, -0.2) is 4.39 Å². The maximum Gasteiger partial charge on any atom is 0.254 e. The molecule has 6 heteroatoms. The van der Waals surface area contributed by atoms with Crippen LogP contribution in [-0.4, -0.2) is 36.9 Å². The van der Waals surface area contributed by atoms with Gasteiger partial charge in [0.05, 0.1) is 5.92 Å². The number of halogens is 2. The highest BCUT2D eigenvalue weighted by Crippen LogP contribution is 2.21. The van der Waals surface area contributed by atoms with Gasteiger partial charge in [0, 0.05) is 30.2 Å². The van der Waals surface area contributed by atoms with E-state index in [0.29, 0.717) is 23.1 Å². The Kier molecular flexibility index (Phi) is 4.75. The monoisotopic (exact) mass is 342 g/mol. The van der Waals surface area contributed by atoms with Crippen molar-refractivity contribution in [3.8, 4) is 0 Å². The number of nitrogens with zero attached hydrogens (tertiary/aromatic N) is 1. The van der Waals surface area contributed by atoms with Crippen LogP contribution in [0.5, 0.6) is 0 Å². The number of nitrogens with one attached hydrogen (secondary N) is 1. The van der Waals surface area contributed by atoms with E-state index in [1.807, 2.05) is 0 Å². The van der Waals surface area contributed by atoms with Gasteiger partial charge in [-0.15, -0.1) is 0 Å². The number of rotatable bonds is 2. The molecular formula is C14H16BrFN2O2. The van der Waals surface area contributed by atoms with Crippen LogP contribution >= 0.6 is 15.9 Å². The van der Waals surface area contributed by atoms with Crippen molar-refractivity contribution in [1.82, 2.24) is 10.2 Å². The molecule has 2 amide bonds. The number of benzene rings is 1. The SMILES string of the molecule is CNC(=O)[C@@H]1CCCN(C(=O)c2cc(F)cc(Br)c2)C1. The molecule has 1 saturated heterocycles. The van der Waals surface area contributed by atoms with Crippen LogP contribution in [0, 0.1) is 11.7 Å². The standard InChI is InChI=1S/C14H16BrFN2O2/c1-17-13(19)9-3-2-4-18(8-9)14(20)10-5-11(15)7-12(16)6-10/h5-7,9H,2-4,8H2,1H3,(H,17,19)/t9-/m1/s1. The third-order valence-electron chi connectivity index (χ3n) is 3.44. The minimum absolute atomic E-state index is 0.0528. The van der Waals surface area contributed by atoms with Gasteiger partial charge in [0.15, 0.2) is 0 Å². The number of piperidine rings is 1. The summed E-state index contributed by atoms with van der Waals surface area (Å²) >= 11 is 3.18. The minimum Gasteiger partial charge on any atom is -0.359 e. The number of hydrogen-bond donors (Lipinski definition) is 1. The first-order chi connectivity index (χ1) is 9.51. The normalized spacial score (nSPS) is 18.8. The highest BCUT2D eigenvalue weighted by atomic mass is 79.9. The summed E-state index contributed by atoms with van der Waals surface area (Å²) in [5.41, 5.74) is 0.300. The average molecular weight is 343 g/mol. The highest BCUT2D eigenvalue weighted by molar-refractivity contribution is 9.10. The summed E-state index contributed by atoms with van der Waals surface area (Å²) in [6, 6.07) is 4.12. The molecule has 108 valence electrons. The van der Waals surface area contributed by atoms with Crippen LogP contribution in [0.1, 0.15) is 23.2 Å². The number of hydrogen-bond acceptors (Lipinski definition) is 2. The first-order valence-electron chi connectivity index (χ1n) is 6.48. The molecule has 0 bridgehead atoms. The Morgan fingerprint density at radius 2 is 2.15 bits per heavy atom. The molecule has 0 spiro atoms. The number of amides is 2. The zero-order chi connectivity index (χ0) is 14.7. The minimum atomic E-state index is -0.456. The summed E-state index contributed by atoms with van der Waals surface area (Å²) in [5.74, 6) is -0.931. The fourth-order valence-electron chi connectivity index (χ4n) is 2.44. The van der Waals surface area contributed by atoms with Crippen molar-refractivity contribution in [1.29, 1.82) is 0 Å². The molecule has 4 nitrogen and oxygen atoms in total. The van der Waals surface area contributed by atoms with E-state index in [9.17, 15) is 14.0 Å². The Hall–Kier alpha value is -1.43. The quantitative estimate of drug-likeness (QED) is 0.895. The second kappa shape index (κ2) is 6.35. The molecule has 0 saturated carbocycles. The van der Waals surface area contributed by atoms with Gasteiger partial charge in [0.2, 0.25) is 5.91 Å². The molecule has 0 aliphatic carbocycles. The van der Waals surface area contributed by atoms with Gasteiger partial charge in [-0.05, 0) is 31.0 Å². The zero-order valence-corrected chi connectivity index (χ0v) is 12.7. The summed E-state index contributed by atoms with van der Waals surface area (Å²) in [7, 11) is 1.59. The maximum absolute atomic E-state index is 13.4. The number of carbonyl (C=O) groups is 2. The van der Waals surface area contributed by atoms with E-state index in [-0.39, 0.29) is 17.7 Å². The Morgan fingerprint density at radius 3 is 2.80 bits per heavy atom. The molecule has 0 unspecified atom stereocenters. The van der Waals surface area contributed by atoms with Crippen LogP contribution in [0.15, 0.2) is 22.7 Å². The smallest absolute Gasteiger partial charge is 0.254 e. The summed E-state index contributed by atoms with van der Waals surface area (Å²) in [4.78, 5) is 25.6. The van der Waals surface area contributed by atoms with Gasteiger partial charge < -0.3 is 10.2 Å². The molecule has 1 aromatic carbocycles. The molecule has 1 aliphatic heterocycles. The fourth-order valence-corrected chi connectivity index (χ4v) is 2.90. The van der Waals surface area contributed by atoms with E-state index in [1.165, 1.54) is 12.1 Å². The Balaban J connectivity index is 2.14. The zero-order valence-electron chi connectivity index (χ0n) is 11.2. The Labute approximate surface area is 125 Å². The molecular weight excluding hydrogens is 327 g/mol. The van der Waals surface area contributed by atoms with E-state index in [2.05, 4.69) is 21.2 Å². The van der Waals surface area contributed by atoms with Crippen LogP contribution in [-0.2, 0) is 4.79 Å². The van der Waals surface area contributed by atoms with Crippen molar-refractivity contribution in [2.75, 3.05) is 20.1 Å². The first-order valence-corrected chi connectivity index (χ1v) is 7.27. The molecule has 1 heterocycles. The van der Waals surface area contributed by atoms with Gasteiger partial charge in [-0.1, -0.05) is 15.9 Å². The van der Waals surface area contributed by atoms with Crippen molar-refractivity contribution in [2.24, 2.45) is 5.92 Å². The van der Waals surface area contributed by atoms with E-state index >= 15 is 0 Å². The predicted octanol–water partition coefficient (Wildman–Crippen LogP) is 2.19. The largest absolute Gasteiger partial charge is 0.359 e. The molecule has 20 heavy (non-hydrogen) atoms. The molecule has 0 radical (unpaired) electrons. The van der Waals surface area contributed by atoms with Crippen molar-refractivity contribution in [3.05, 3.63) is 34.1 Å². The van der Waals surface area contributed by atoms with E-state index < -0.39 is 5.82 Å². The lowest BCUT2D eigenvalue weighted by Crippen LogP contribution is -2.44. The second-order valence-electron chi connectivity index (χ2n) is 4.86. The van der Waals surface area contributed by atoms with E-state index in [4.69, 9.17) is 0 Å². The molecule has 1 atom stereocenters. The highest BCUT2D eigenvalue weighted by Gasteiger charge is 2.28. The van der Waals surface area contributed by atoms with E-state index in [1.54, 1.807) is 18.0 Å². The maximum atomic E-state index is 13.4. The van der Waals surface area contributed by atoms with Gasteiger partial charge >= 0.3 is 0 Å². The summed E-state index contributed by atoms with van der Waals surface area (Å²) in [5, 5.41) is 2.61. The molecule has 0 aromatic heterocycles.